The zero-order valence-electron chi connectivity index (χ0n) is 16.2. The number of nitrogens with zero attached hydrogens (tertiary/aromatic N) is 4. The van der Waals surface area contributed by atoms with Gasteiger partial charge in [0, 0.05) is 12.2 Å². The summed E-state index contributed by atoms with van der Waals surface area (Å²) in [7, 11) is 3.07. The minimum absolute atomic E-state index is 0.163. The van der Waals surface area contributed by atoms with Crippen molar-refractivity contribution in [1.82, 2.24) is 25.5 Å². The Morgan fingerprint density at radius 1 is 1.03 bits per heavy atom. The predicted molar refractivity (Wildman–Crippen MR) is 104 cm³/mol. The van der Waals surface area contributed by atoms with Crippen LogP contribution in [0.2, 0.25) is 0 Å². The fourth-order valence-electron chi connectivity index (χ4n) is 2.63. The van der Waals surface area contributed by atoms with E-state index < -0.39 is 11.8 Å². The maximum Gasteiger partial charge on any atom is 0.313 e. The van der Waals surface area contributed by atoms with E-state index in [4.69, 9.17) is 9.47 Å². The molecule has 0 saturated heterocycles. The first-order chi connectivity index (χ1) is 14.0. The van der Waals surface area contributed by atoms with Gasteiger partial charge in [-0.3, -0.25) is 9.59 Å². The van der Waals surface area contributed by atoms with Gasteiger partial charge < -0.3 is 20.1 Å². The summed E-state index contributed by atoms with van der Waals surface area (Å²) in [6, 6.07) is 12.1. The highest BCUT2D eigenvalue weighted by atomic mass is 16.5. The summed E-state index contributed by atoms with van der Waals surface area (Å²) in [4.78, 5) is 24.4. The van der Waals surface area contributed by atoms with Gasteiger partial charge >= 0.3 is 11.8 Å². The van der Waals surface area contributed by atoms with Gasteiger partial charge in [-0.2, -0.15) is 4.68 Å². The molecule has 0 unspecified atom stereocenters. The lowest BCUT2D eigenvalue weighted by atomic mass is 10.2. The van der Waals surface area contributed by atoms with Crippen LogP contribution in [-0.2, 0) is 16.1 Å². The molecule has 10 heteroatoms. The molecule has 0 fully saturated rings. The number of aromatic nitrogens is 4. The maximum atomic E-state index is 12.2. The van der Waals surface area contributed by atoms with Crippen LogP contribution in [0.3, 0.4) is 0 Å². The average molecular weight is 396 g/mol. The van der Waals surface area contributed by atoms with Gasteiger partial charge in [0.25, 0.3) is 0 Å². The molecule has 0 aliphatic rings. The second-order valence-corrected chi connectivity index (χ2v) is 6.01. The van der Waals surface area contributed by atoms with Crippen LogP contribution in [0, 0.1) is 6.92 Å². The smallest absolute Gasteiger partial charge is 0.313 e. The Morgan fingerprint density at radius 2 is 1.83 bits per heavy atom. The number of anilines is 1. The highest BCUT2D eigenvalue weighted by Crippen LogP contribution is 2.27. The molecule has 1 aromatic heterocycles. The molecule has 0 saturated carbocycles. The number of amides is 2. The number of carbonyl (C=O) groups is 2. The van der Waals surface area contributed by atoms with Gasteiger partial charge in [0.1, 0.15) is 0 Å². The molecule has 0 atom stereocenters. The lowest BCUT2D eigenvalue weighted by Crippen LogP contribution is -2.35. The minimum Gasteiger partial charge on any atom is -0.493 e. The Balaban J connectivity index is 1.61. The van der Waals surface area contributed by atoms with Gasteiger partial charge in [-0.15, -0.1) is 5.10 Å². The van der Waals surface area contributed by atoms with Crippen LogP contribution in [0.15, 0.2) is 42.5 Å². The van der Waals surface area contributed by atoms with Crippen molar-refractivity contribution >= 4 is 17.5 Å². The predicted octanol–water partition coefficient (Wildman–Crippen LogP) is 1.24. The number of hydrogen-bond acceptors (Lipinski definition) is 7. The minimum atomic E-state index is -0.781. The Bertz CT molecular complexity index is 1030. The van der Waals surface area contributed by atoms with Gasteiger partial charge in [-0.1, -0.05) is 12.1 Å². The number of methoxy groups -OCH3 is 2. The Labute approximate surface area is 166 Å². The Kier molecular flexibility index (Phi) is 6.03. The van der Waals surface area contributed by atoms with Crippen LogP contribution >= 0.6 is 0 Å². The summed E-state index contributed by atoms with van der Waals surface area (Å²) in [6.07, 6.45) is 0. The first-order valence-corrected chi connectivity index (χ1v) is 8.67. The van der Waals surface area contributed by atoms with Crippen molar-refractivity contribution in [1.29, 1.82) is 0 Å². The highest BCUT2D eigenvalue weighted by Gasteiger charge is 2.15. The molecular formula is C19H20N6O4. The Morgan fingerprint density at radius 3 is 2.52 bits per heavy atom. The topological polar surface area (TPSA) is 120 Å². The van der Waals surface area contributed by atoms with E-state index in [1.54, 1.807) is 56.5 Å². The lowest BCUT2D eigenvalue weighted by Gasteiger charge is -2.11. The van der Waals surface area contributed by atoms with Crippen molar-refractivity contribution in [2.45, 2.75) is 13.5 Å². The van der Waals surface area contributed by atoms with E-state index in [0.29, 0.717) is 28.7 Å². The molecule has 10 nitrogen and oxygen atoms in total. The second kappa shape index (κ2) is 8.83. The quantitative estimate of drug-likeness (QED) is 0.602. The molecular weight excluding hydrogens is 376 g/mol. The second-order valence-electron chi connectivity index (χ2n) is 6.01. The van der Waals surface area contributed by atoms with E-state index in [0.717, 1.165) is 5.56 Å². The zero-order valence-corrected chi connectivity index (χ0v) is 16.2. The van der Waals surface area contributed by atoms with Crippen molar-refractivity contribution in [2.24, 2.45) is 0 Å². The first kappa shape index (κ1) is 19.8. The van der Waals surface area contributed by atoms with E-state index >= 15 is 0 Å². The molecule has 2 aromatic carbocycles. The molecule has 0 radical (unpaired) electrons. The zero-order chi connectivity index (χ0) is 20.8. The summed E-state index contributed by atoms with van der Waals surface area (Å²) in [6.45, 7) is 1.92. The van der Waals surface area contributed by atoms with E-state index in [9.17, 15) is 9.59 Å². The van der Waals surface area contributed by atoms with Gasteiger partial charge in [0.15, 0.2) is 17.3 Å². The third-order valence-corrected chi connectivity index (χ3v) is 4.08. The van der Waals surface area contributed by atoms with Crippen molar-refractivity contribution in [3.05, 3.63) is 53.9 Å². The van der Waals surface area contributed by atoms with E-state index in [2.05, 4.69) is 26.2 Å². The van der Waals surface area contributed by atoms with Crippen molar-refractivity contribution < 1.29 is 19.1 Å². The highest BCUT2D eigenvalue weighted by molar-refractivity contribution is 6.39. The molecule has 0 bridgehead atoms. The van der Waals surface area contributed by atoms with E-state index in [1.807, 2.05) is 0 Å². The van der Waals surface area contributed by atoms with Crippen LogP contribution in [0.5, 0.6) is 11.5 Å². The van der Waals surface area contributed by atoms with Crippen LogP contribution in [-0.4, -0.2) is 46.2 Å². The van der Waals surface area contributed by atoms with Crippen LogP contribution < -0.4 is 20.1 Å². The molecule has 1 heterocycles. The van der Waals surface area contributed by atoms with Crippen LogP contribution in [0.4, 0.5) is 5.69 Å². The number of carbonyl (C=O) groups excluding carboxylic acids is 2. The number of ether oxygens (including phenoxy) is 2. The van der Waals surface area contributed by atoms with Gasteiger partial charge in [0.05, 0.1) is 19.9 Å². The average Bonchev–Trinajstić information content (AvgIpc) is 3.17. The largest absolute Gasteiger partial charge is 0.493 e. The molecule has 3 aromatic rings. The number of tetrazole rings is 1. The van der Waals surface area contributed by atoms with Gasteiger partial charge in [-0.25, -0.2) is 0 Å². The molecule has 0 aliphatic heterocycles. The fourth-order valence-corrected chi connectivity index (χ4v) is 2.63. The van der Waals surface area contributed by atoms with Gasteiger partial charge in [-0.05, 0) is 53.2 Å². The SMILES string of the molecule is COc1ccc(CNC(=O)C(=O)Nc2cccc(-n3nnnc3C)c2)cc1OC. The molecule has 2 N–H and O–H groups in total. The Hall–Kier alpha value is -3.95. The summed E-state index contributed by atoms with van der Waals surface area (Å²) in [5.74, 6) is 0.178. The van der Waals surface area contributed by atoms with Crippen LogP contribution in [0.25, 0.3) is 5.69 Å². The number of nitrogens with one attached hydrogen (secondary N) is 2. The molecule has 0 aliphatic carbocycles. The maximum absolute atomic E-state index is 12.2. The van der Waals surface area contributed by atoms with Crippen molar-refractivity contribution in [3.8, 4) is 17.2 Å². The third-order valence-electron chi connectivity index (χ3n) is 4.08. The lowest BCUT2D eigenvalue weighted by molar-refractivity contribution is -0.136. The summed E-state index contributed by atoms with van der Waals surface area (Å²) in [5, 5.41) is 16.4. The summed E-state index contributed by atoms with van der Waals surface area (Å²) in [5.41, 5.74) is 1.87. The van der Waals surface area contributed by atoms with Gasteiger partial charge in [0.2, 0.25) is 0 Å². The normalized spacial score (nSPS) is 10.3. The molecule has 150 valence electrons. The number of hydrogen-bond donors (Lipinski definition) is 2. The number of aryl methyl sites for hydroxylation is 1. The number of benzene rings is 2. The monoisotopic (exact) mass is 396 g/mol. The van der Waals surface area contributed by atoms with E-state index in [1.165, 1.54) is 11.8 Å². The molecule has 0 spiro atoms. The van der Waals surface area contributed by atoms with Crippen molar-refractivity contribution in [3.63, 3.8) is 0 Å². The first-order valence-electron chi connectivity index (χ1n) is 8.67. The third kappa shape index (κ3) is 4.67. The van der Waals surface area contributed by atoms with Crippen molar-refractivity contribution in [2.75, 3.05) is 19.5 Å². The standard InChI is InChI=1S/C19H20N6O4/c1-12-22-23-24-25(12)15-6-4-5-14(10-15)21-19(27)18(26)20-11-13-7-8-16(28-2)17(9-13)29-3/h4-10H,11H2,1-3H3,(H,20,26)(H,21,27). The molecule has 29 heavy (non-hydrogen) atoms. The summed E-state index contributed by atoms with van der Waals surface area (Å²) >= 11 is 0. The number of rotatable bonds is 6. The summed E-state index contributed by atoms with van der Waals surface area (Å²) < 4.78 is 11.9. The van der Waals surface area contributed by atoms with E-state index in [-0.39, 0.29) is 6.54 Å². The van der Waals surface area contributed by atoms with Crippen LogP contribution in [0.1, 0.15) is 11.4 Å². The fraction of sp³-hybridized carbons (Fsp3) is 0.211. The molecule has 3 rings (SSSR count). The molecule has 2 amide bonds.